The number of para-hydroxylation sites is 1. The maximum Gasteiger partial charge on any atom is 0.322 e. The Labute approximate surface area is 128 Å². The van der Waals surface area contributed by atoms with Crippen LogP contribution in [0.4, 0.5) is 0 Å². The first kappa shape index (κ1) is 14.5. The van der Waals surface area contributed by atoms with Gasteiger partial charge in [-0.3, -0.25) is 9.78 Å². The van der Waals surface area contributed by atoms with Gasteiger partial charge in [0, 0.05) is 18.1 Å². The van der Waals surface area contributed by atoms with E-state index >= 15 is 0 Å². The molecule has 5 nitrogen and oxygen atoms in total. The smallest absolute Gasteiger partial charge is 0.322 e. The summed E-state index contributed by atoms with van der Waals surface area (Å²) >= 11 is 0. The maximum absolute atomic E-state index is 11.5. The number of hydrogen-bond donors (Lipinski definition) is 1. The summed E-state index contributed by atoms with van der Waals surface area (Å²) in [5.74, 6) is 0.825. The highest BCUT2D eigenvalue weighted by Gasteiger charge is 2.28. The molecule has 1 aromatic carbocycles. The average molecular weight is 298 g/mol. The molecule has 3 rings (SSSR count). The molecule has 1 N–H and O–H groups in total. The van der Waals surface area contributed by atoms with Crippen LogP contribution in [0.3, 0.4) is 0 Å². The number of pyridine rings is 1. The molecule has 2 aromatic rings. The zero-order valence-corrected chi connectivity index (χ0v) is 12.4. The quantitative estimate of drug-likeness (QED) is 0.693. The van der Waals surface area contributed by atoms with E-state index in [2.05, 4.69) is 10.3 Å². The van der Waals surface area contributed by atoms with Crippen LogP contribution in [0.25, 0.3) is 10.9 Å². The van der Waals surface area contributed by atoms with Gasteiger partial charge in [-0.2, -0.15) is 0 Å². The highest BCUT2D eigenvalue weighted by atomic mass is 16.5. The summed E-state index contributed by atoms with van der Waals surface area (Å²) in [6.45, 7) is 0.747. The molecule has 0 amide bonds. The Kier molecular flexibility index (Phi) is 4.34. The first-order valence-corrected chi connectivity index (χ1v) is 7.26. The number of aromatic nitrogens is 1. The van der Waals surface area contributed by atoms with Crippen LogP contribution in [0.5, 0.6) is 5.75 Å². The summed E-state index contributed by atoms with van der Waals surface area (Å²) < 4.78 is 10.5. The van der Waals surface area contributed by atoms with E-state index < -0.39 is 0 Å². The Bertz CT molecular complexity index is 694. The van der Waals surface area contributed by atoms with Crippen LogP contribution in [0.1, 0.15) is 6.42 Å². The Balaban J connectivity index is 1.64. The summed E-state index contributed by atoms with van der Waals surface area (Å²) in [4.78, 5) is 15.8. The van der Waals surface area contributed by atoms with Crippen LogP contribution in [-0.2, 0) is 9.53 Å². The fourth-order valence-electron chi connectivity index (χ4n) is 2.63. The molecule has 1 unspecified atom stereocenters. The molecule has 0 radical (unpaired) electrons. The van der Waals surface area contributed by atoms with E-state index in [4.69, 9.17) is 9.47 Å². The molecule has 1 aliphatic heterocycles. The number of benzene rings is 1. The highest BCUT2D eigenvalue weighted by molar-refractivity contribution is 5.84. The van der Waals surface area contributed by atoms with Gasteiger partial charge in [0.1, 0.15) is 11.8 Å². The third-order valence-electron chi connectivity index (χ3n) is 3.81. The minimum absolute atomic E-state index is 0.211. The number of hydrogen-bond acceptors (Lipinski definition) is 5. The third kappa shape index (κ3) is 3.09. The van der Waals surface area contributed by atoms with Crippen molar-refractivity contribution in [2.45, 2.75) is 12.5 Å². The SMILES string of the molecule is COC(=O)[C@@H]1CC(/C=C/Oc2ccnc3ccccc23)CN1. The normalized spacial score (nSPS) is 21.3. The number of nitrogens with one attached hydrogen (secondary N) is 1. The minimum Gasteiger partial charge on any atom is -0.468 e. The van der Waals surface area contributed by atoms with Gasteiger partial charge < -0.3 is 14.8 Å². The van der Waals surface area contributed by atoms with Crippen molar-refractivity contribution in [3.05, 3.63) is 48.9 Å². The van der Waals surface area contributed by atoms with Crippen LogP contribution in [-0.4, -0.2) is 30.6 Å². The van der Waals surface area contributed by atoms with Gasteiger partial charge in [0.05, 0.1) is 18.9 Å². The third-order valence-corrected chi connectivity index (χ3v) is 3.81. The zero-order chi connectivity index (χ0) is 15.4. The predicted octanol–water partition coefficient (Wildman–Crippen LogP) is 2.28. The molecule has 0 aliphatic carbocycles. The van der Waals surface area contributed by atoms with Gasteiger partial charge in [-0.25, -0.2) is 0 Å². The van der Waals surface area contributed by atoms with Crippen LogP contribution in [0.2, 0.25) is 0 Å². The van der Waals surface area contributed by atoms with Gasteiger partial charge in [0.15, 0.2) is 0 Å². The largest absolute Gasteiger partial charge is 0.468 e. The summed E-state index contributed by atoms with van der Waals surface area (Å²) in [6, 6.07) is 9.47. The maximum atomic E-state index is 11.5. The summed E-state index contributed by atoms with van der Waals surface area (Å²) in [5.41, 5.74) is 0.904. The van der Waals surface area contributed by atoms with Crippen LogP contribution in [0.15, 0.2) is 48.9 Å². The number of rotatable bonds is 4. The van der Waals surface area contributed by atoms with Gasteiger partial charge in [0.25, 0.3) is 0 Å². The lowest BCUT2D eigenvalue weighted by Crippen LogP contribution is -2.31. The summed E-state index contributed by atoms with van der Waals surface area (Å²) in [7, 11) is 1.41. The van der Waals surface area contributed by atoms with E-state index in [9.17, 15) is 4.79 Å². The van der Waals surface area contributed by atoms with Crippen molar-refractivity contribution < 1.29 is 14.3 Å². The van der Waals surface area contributed by atoms with Crippen LogP contribution >= 0.6 is 0 Å². The zero-order valence-electron chi connectivity index (χ0n) is 12.4. The Morgan fingerprint density at radius 1 is 1.36 bits per heavy atom. The van der Waals surface area contributed by atoms with Gasteiger partial charge in [-0.15, -0.1) is 0 Å². The predicted molar refractivity (Wildman–Crippen MR) is 83.4 cm³/mol. The standard InChI is InChI=1S/C17H18N2O3/c1-21-17(20)15-10-12(11-19-15)7-9-22-16-6-8-18-14-5-3-2-4-13(14)16/h2-9,12,15,19H,10-11H2,1H3/b9-7+/t12?,15-/m0/s1. The van der Waals surface area contributed by atoms with E-state index in [1.165, 1.54) is 7.11 Å². The number of methoxy groups -OCH3 is 1. The lowest BCUT2D eigenvalue weighted by atomic mass is 10.1. The molecular weight excluding hydrogens is 280 g/mol. The van der Waals surface area contributed by atoms with Crippen molar-refractivity contribution in [3.63, 3.8) is 0 Å². The van der Waals surface area contributed by atoms with Crippen molar-refractivity contribution in [1.82, 2.24) is 10.3 Å². The van der Waals surface area contributed by atoms with E-state index in [1.54, 1.807) is 12.5 Å². The van der Waals surface area contributed by atoms with Gasteiger partial charge in [0.2, 0.25) is 0 Å². The van der Waals surface area contributed by atoms with Crippen molar-refractivity contribution in [1.29, 1.82) is 0 Å². The molecule has 0 bridgehead atoms. The van der Waals surface area contributed by atoms with E-state index in [-0.39, 0.29) is 17.9 Å². The van der Waals surface area contributed by atoms with Crippen molar-refractivity contribution in [3.8, 4) is 5.75 Å². The molecule has 0 saturated carbocycles. The first-order chi connectivity index (χ1) is 10.8. The Morgan fingerprint density at radius 3 is 3.09 bits per heavy atom. The lowest BCUT2D eigenvalue weighted by Gasteiger charge is -2.06. The Hall–Kier alpha value is -2.40. The monoisotopic (exact) mass is 298 g/mol. The number of ether oxygens (including phenoxy) is 2. The molecule has 2 atom stereocenters. The molecule has 0 spiro atoms. The fraction of sp³-hybridized carbons (Fsp3) is 0.294. The highest BCUT2D eigenvalue weighted by Crippen LogP contribution is 2.24. The van der Waals surface area contributed by atoms with Crippen LogP contribution < -0.4 is 10.1 Å². The second-order valence-electron chi connectivity index (χ2n) is 5.25. The number of carbonyl (C=O) groups excluding carboxylic acids is 1. The number of fused-ring (bicyclic) bond motifs is 1. The van der Waals surface area contributed by atoms with Crippen molar-refractivity contribution >= 4 is 16.9 Å². The Morgan fingerprint density at radius 2 is 2.23 bits per heavy atom. The molecular formula is C17H18N2O3. The lowest BCUT2D eigenvalue weighted by molar-refractivity contribution is -0.142. The minimum atomic E-state index is -0.221. The van der Waals surface area contributed by atoms with Crippen molar-refractivity contribution in [2.24, 2.45) is 5.92 Å². The van der Waals surface area contributed by atoms with E-state index in [0.717, 1.165) is 29.6 Å². The second kappa shape index (κ2) is 6.58. The molecule has 2 heterocycles. The first-order valence-electron chi connectivity index (χ1n) is 7.26. The van der Waals surface area contributed by atoms with Crippen LogP contribution in [0, 0.1) is 5.92 Å². The summed E-state index contributed by atoms with van der Waals surface area (Å²) in [5, 5.41) is 4.12. The summed E-state index contributed by atoms with van der Waals surface area (Å²) in [6.07, 6.45) is 6.12. The topological polar surface area (TPSA) is 60.5 Å². The molecule has 1 aliphatic rings. The molecule has 1 fully saturated rings. The van der Waals surface area contributed by atoms with E-state index in [0.29, 0.717) is 0 Å². The van der Waals surface area contributed by atoms with Crippen molar-refractivity contribution in [2.75, 3.05) is 13.7 Å². The molecule has 5 heteroatoms. The fourth-order valence-corrected chi connectivity index (χ4v) is 2.63. The number of nitrogens with zero attached hydrogens (tertiary/aromatic N) is 1. The number of carbonyl (C=O) groups is 1. The molecule has 114 valence electrons. The molecule has 1 saturated heterocycles. The van der Waals surface area contributed by atoms with Gasteiger partial charge >= 0.3 is 5.97 Å². The van der Waals surface area contributed by atoms with E-state index in [1.807, 2.05) is 36.4 Å². The number of esters is 1. The average Bonchev–Trinajstić information content (AvgIpc) is 3.03. The molecule has 1 aromatic heterocycles. The van der Waals surface area contributed by atoms with Gasteiger partial charge in [-0.05, 0) is 36.6 Å². The second-order valence-corrected chi connectivity index (χ2v) is 5.25. The van der Waals surface area contributed by atoms with Gasteiger partial charge in [-0.1, -0.05) is 12.1 Å². The molecule has 22 heavy (non-hydrogen) atoms.